The second-order valence-electron chi connectivity index (χ2n) is 5.72. The van der Waals surface area contributed by atoms with Crippen LogP contribution in [0.4, 0.5) is 0 Å². The first-order valence-electron chi connectivity index (χ1n) is 7.84. The number of aliphatic imine (C=N–C) groups is 1. The Kier molecular flexibility index (Phi) is 4.57. The minimum atomic E-state index is -0.488. The summed E-state index contributed by atoms with van der Waals surface area (Å²) < 4.78 is 16.0. The molecule has 3 rings (SSSR count). The number of rotatable bonds is 4. The number of carbonyl (C=O) groups excluding carboxylic acids is 1. The third-order valence-corrected chi connectivity index (χ3v) is 4.10. The van der Waals surface area contributed by atoms with Crippen molar-refractivity contribution in [1.82, 2.24) is 0 Å². The first-order chi connectivity index (χ1) is 12.0. The number of hydrogen-bond acceptors (Lipinski definition) is 5. The standard InChI is InChI=1S/C20H19NO4/c1-12-8-9-15(10-13(12)2)19-21-16(20(22)25-19)11-14-6-5-7-17(23-3)18(14)24-4/h5-11H,1-4H3/b16-11-. The Hall–Kier alpha value is -3.08. The lowest BCUT2D eigenvalue weighted by Crippen LogP contribution is -2.05. The van der Waals surface area contributed by atoms with Gasteiger partial charge in [-0.3, -0.25) is 0 Å². The summed E-state index contributed by atoms with van der Waals surface area (Å²) in [6.45, 7) is 4.04. The number of benzene rings is 2. The topological polar surface area (TPSA) is 57.1 Å². The van der Waals surface area contributed by atoms with Crippen molar-refractivity contribution in [3.63, 3.8) is 0 Å². The minimum absolute atomic E-state index is 0.222. The molecule has 0 amide bonds. The summed E-state index contributed by atoms with van der Waals surface area (Å²) in [7, 11) is 3.12. The van der Waals surface area contributed by atoms with Crippen LogP contribution >= 0.6 is 0 Å². The van der Waals surface area contributed by atoms with Gasteiger partial charge in [-0.05, 0) is 49.2 Å². The van der Waals surface area contributed by atoms with Crippen LogP contribution in [-0.4, -0.2) is 26.1 Å². The summed E-state index contributed by atoms with van der Waals surface area (Å²) >= 11 is 0. The molecule has 2 aromatic rings. The van der Waals surface area contributed by atoms with Gasteiger partial charge in [-0.1, -0.05) is 18.2 Å². The molecule has 128 valence electrons. The van der Waals surface area contributed by atoms with E-state index in [2.05, 4.69) is 4.99 Å². The number of hydrogen-bond donors (Lipinski definition) is 0. The van der Waals surface area contributed by atoms with Crippen molar-refractivity contribution in [2.24, 2.45) is 4.99 Å². The molecule has 0 N–H and O–H groups in total. The van der Waals surface area contributed by atoms with Crippen LogP contribution in [0.5, 0.6) is 11.5 Å². The smallest absolute Gasteiger partial charge is 0.363 e. The SMILES string of the molecule is COc1cccc(/C=C2\N=C(c3ccc(C)c(C)c3)OC2=O)c1OC. The van der Waals surface area contributed by atoms with Crippen LogP contribution in [0.2, 0.25) is 0 Å². The molecule has 1 aliphatic rings. The summed E-state index contributed by atoms with van der Waals surface area (Å²) in [6.07, 6.45) is 1.64. The third-order valence-electron chi connectivity index (χ3n) is 4.10. The fourth-order valence-corrected chi connectivity index (χ4v) is 2.58. The van der Waals surface area contributed by atoms with Crippen LogP contribution in [0, 0.1) is 13.8 Å². The van der Waals surface area contributed by atoms with Gasteiger partial charge in [-0.15, -0.1) is 0 Å². The van der Waals surface area contributed by atoms with Gasteiger partial charge in [0.05, 0.1) is 14.2 Å². The number of carbonyl (C=O) groups is 1. The van der Waals surface area contributed by atoms with Crippen LogP contribution in [0.3, 0.4) is 0 Å². The lowest BCUT2D eigenvalue weighted by Gasteiger charge is -2.09. The van der Waals surface area contributed by atoms with E-state index < -0.39 is 5.97 Å². The lowest BCUT2D eigenvalue weighted by atomic mass is 10.1. The number of cyclic esters (lactones) is 1. The molecule has 0 atom stereocenters. The van der Waals surface area contributed by atoms with E-state index in [1.54, 1.807) is 26.4 Å². The molecular weight excluding hydrogens is 318 g/mol. The highest BCUT2D eigenvalue weighted by atomic mass is 16.6. The predicted molar refractivity (Wildman–Crippen MR) is 96.1 cm³/mol. The zero-order chi connectivity index (χ0) is 18.0. The lowest BCUT2D eigenvalue weighted by molar-refractivity contribution is -0.129. The number of para-hydroxylation sites is 1. The van der Waals surface area contributed by atoms with Crippen LogP contribution < -0.4 is 9.47 Å². The molecule has 25 heavy (non-hydrogen) atoms. The van der Waals surface area contributed by atoms with Crippen LogP contribution in [0.15, 0.2) is 47.1 Å². The van der Waals surface area contributed by atoms with E-state index in [0.29, 0.717) is 23.0 Å². The molecule has 0 aromatic heterocycles. The second kappa shape index (κ2) is 6.81. The highest BCUT2D eigenvalue weighted by molar-refractivity contribution is 6.13. The normalized spacial score (nSPS) is 15.1. The van der Waals surface area contributed by atoms with E-state index >= 15 is 0 Å². The minimum Gasteiger partial charge on any atom is -0.493 e. The van der Waals surface area contributed by atoms with Crippen molar-refractivity contribution in [3.8, 4) is 11.5 Å². The highest BCUT2D eigenvalue weighted by Crippen LogP contribution is 2.33. The Morgan fingerprint density at radius 3 is 2.52 bits per heavy atom. The number of esters is 1. The van der Waals surface area contributed by atoms with E-state index in [0.717, 1.165) is 11.1 Å². The van der Waals surface area contributed by atoms with Crippen molar-refractivity contribution in [2.75, 3.05) is 14.2 Å². The van der Waals surface area contributed by atoms with Gasteiger partial charge in [0.15, 0.2) is 17.2 Å². The summed E-state index contributed by atoms with van der Waals surface area (Å²) in [5.74, 6) is 0.945. The molecule has 0 radical (unpaired) electrons. The zero-order valence-corrected chi connectivity index (χ0v) is 14.6. The van der Waals surface area contributed by atoms with Gasteiger partial charge in [0.1, 0.15) is 0 Å². The molecular formula is C20H19NO4. The van der Waals surface area contributed by atoms with Gasteiger partial charge in [0.25, 0.3) is 0 Å². The molecule has 1 heterocycles. The molecule has 1 aliphatic heterocycles. The molecule has 0 bridgehead atoms. The highest BCUT2D eigenvalue weighted by Gasteiger charge is 2.25. The molecule has 5 nitrogen and oxygen atoms in total. The molecule has 0 fully saturated rings. The van der Waals surface area contributed by atoms with Gasteiger partial charge in [-0.25, -0.2) is 9.79 Å². The maximum absolute atomic E-state index is 12.2. The Labute approximate surface area is 146 Å². The maximum atomic E-state index is 12.2. The second-order valence-corrected chi connectivity index (χ2v) is 5.72. The largest absolute Gasteiger partial charge is 0.493 e. The Morgan fingerprint density at radius 1 is 1.04 bits per heavy atom. The van der Waals surface area contributed by atoms with Crippen molar-refractivity contribution in [2.45, 2.75) is 13.8 Å². The van der Waals surface area contributed by atoms with E-state index in [-0.39, 0.29) is 5.70 Å². The predicted octanol–water partition coefficient (Wildman–Crippen LogP) is 3.67. The van der Waals surface area contributed by atoms with Gasteiger partial charge in [0.2, 0.25) is 5.90 Å². The average Bonchev–Trinajstić information content (AvgIpc) is 2.97. The molecule has 5 heteroatoms. The third kappa shape index (κ3) is 3.26. The van der Waals surface area contributed by atoms with Crippen LogP contribution in [-0.2, 0) is 9.53 Å². The van der Waals surface area contributed by atoms with Crippen LogP contribution in [0.25, 0.3) is 6.08 Å². The molecule has 0 spiro atoms. The van der Waals surface area contributed by atoms with E-state index in [9.17, 15) is 4.79 Å². The summed E-state index contributed by atoms with van der Waals surface area (Å²) in [5.41, 5.74) is 3.98. The first-order valence-corrected chi connectivity index (χ1v) is 7.84. The van der Waals surface area contributed by atoms with Crippen LogP contribution in [0.1, 0.15) is 22.3 Å². The number of nitrogens with zero attached hydrogens (tertiary/aromatic N) is 1. The average molecular weight is 337 g/mol. The summed E-state index contributed by atoms with van der Waals surface area (Å²) in [6, 6.07) is 11.3. The zero-order valence-electron chi connectivity index (χ0n) is 14.6. The molecule has 0 aliphatic carbocycles. The molecule has 0 saturated heterocycles. The monoisotopic (exact) mass is 337 g/mol. The van der Waals surface area contributed by atoms with Crippen molar-refractivity contribution in [3.05, 3.63) is 64.3 Å². The van der Waals surface area contributed by atoms with Crippen molar-refractivity contribution < 1.29 is 19.0 Å². The quantitative estimate of drug-likeness (QED) is 0.631. The number of ether oxygens (including phenoxy) is 3. The Bertz CT molecular complexity index is 897. The summed E-state index contributed by atoms with van der Waals surface area (Å²) in [4.78, 5) is 16.5. The number of methoxy groups -OCH3 is 2. The van der Waals surface area contributed by atoms with E-state index in [1.165, 1.54) is 5.56 Å². The Morgan fingerprint density at radius 2 is 1.84 bits per heavy atom. The van der Waals surface area contributed by atoms with Gasteiger partial charge in [-0.2, -0.15) is 0 Å². The van der Waals surface area contributed by atoms with Crippen molar-refractivity contribution >= 4 is 17.9 Å². The maximum Gasteiger partial charge on any atom is 0.363 e. The molecule has 0 unspecified atom stereocenters. The van der Waals surface area contributed by atoms with Crippen molar-refractivity contribution in [1.29, 1.82) is 0 Å². The van der Waals surface area contributed by atoms with Gasteiger partial charge in [0, 0.05) is 11.1 Å². The molecule has 0 saturated carbocycles. The van der Waals surface area contributed by atoms with E-state index in [1.807, 2.05) is 44.2 Å². The van der Waals surface area contributed by atoms with Gasteiger partial charge >= 0.3 is 5.97 Å². The fourth-order valence-electron chi connectivity index (χ4n) is 2.58. The molecule has 2 aromatic carbocycles. The summed E-state index contributed by atoms with van der Waals surface area (Å²) in [5, 5.41) is 0. The number of aryl methyl sites for hydroxylation is 2. The fraction of sp³-hybridized carbons (Fsp3) is 0.200. The Balaban J connectivity index is 2.00. The first kappa shape index (κ1) is 16.8. The van der Waals surface area contributed by atoms with E-state index in [4.69, 9.17) is 14.2 Å². The van der Waals surface area contributed by atoms with Gasteiger partial charge < -0.3 is 14.2 Å².